The third-order valence-electron chi connectivity index (χ3n) is 3.56. The average Bonchev–Trinajstić information content (AvgIpc) is 2.39. The van der Waals surface area contributed by atoms with Crippen molar-refractivity contribution < 1.29 is 0 Å². The molecule has 0 N–H and O–H groups in total. The van der Waals surface area contributed by atoms with Crippen LogP contribution in [0.3, 0.4) is 0 Å². The average molecular weight is 284 g/mol. The number of unbranched alkanes of at least 4 members (excludes halogenated alkanes) is 9. The van der Waals surface area contributed by atoms with Crippen molar-refractivity contribution in [1.29, 1.82) is 0 Å². The fraction of sp³-hybridized carbons (Fsp3) is 0.941. The quantitative estimate of drug-likeness (QED) is 0.318. The molecule has 0 aromatic heterocycles. The molecule has 0 unspecified atom stereocenters. The minimum atomic E-state index is 0.961. The maximum atomic E-state index is 4.66. The second kappa shape index (κ2) is 13.3. The number of hydrogen-bond donors (Lipinski definition) is 0. The molecule has 20 heavy (non-hydrogen) atoms. The molecule has 0 aliphatic carbocycles. The number of nitrogens with zero attached hydrogens (tertiary/aromatic N) is 3. The molecule has 0 aliphatic heterocycles. The van der Waals surface area contributed by atoms with Gasteiger partial charge in [-0.05, 0) is 6.42 Å². The van der Waals surface area contributed by atoms with E-state index < -0.39 is 0 Å². The van der Waals surface area contributed by atoms with E-state index >= 15 is 0 Å². The molecule has 0 fully saturated rings. The monoisotopic (exact) mass is 283 g/mol. The van der Waals surface area contributed by atoms with Crippen LogP contribution < -0.4 is 0 Å². The first-order valence-corrected chi connectivity index (χ1v) is 8.48. The van der Waals surface area contributed by atoms with E-state index in [9.17, 15) is 0 Å². The molecule has 0 saturated carbocycles. The normalized spacial score (nSPS) is 10.4. The van der Waals surface area contributed by atoms with E-state index in [-0.39, 0.29) is 0 Å². The Kier molecular flexibility index (Phi) is 12.8. The molecule has 0 aromatic rings. The van der Waals surface area contributed by atoms with Crippen LogP contribution in [0.2, 0.25) is 0 Å². The molecular formula is C17H37N3. The molecule has 120 valence electrons. The van der Waals surface area contributed by atoms with E-state index in [0.717, 1.165) is 12.5 Å². The Bertz CT molecular complexity index is 224. The van der Waals surface area contributed by atoms with Gasteiger partial charge in [0.05, 0.1) is 0 Å². The van der Waals surface area contributed by atoms with Crippen LogP contribution in [0.4, 0.5) is 0 Å². The molecule has 0 aliphatic rings. The first kappa shape index (κ1) is 19.3. The zero-order chi connectivity index (χ0) is 15.2. The van der Waals surface area contributed by atoms with Crippen LogP contribution in [0.5, 0.6) is 0 Å². The summed E-state index contributed by atoms with van der Waals surface area (Å²) in [6.45, 7) is 3.24. The van der Waals surface area contributed by atoms with Gasteiger partial charge in [0.2, 0.25) is 0 Å². The van der Waals surface area contributed by atoms with Gasteiger partial charge in [-0.3, -0.25) is 4.99 Å². The molecule has 0 bridgehead atoms. The lowest BCUT2D eigenvalue weighted by molar-refractivity contribution is 0.477. The fourth-order valence-electron chi connectivity index (χ4n) is 2.46. The number of rotatable bonds is 11. The van der Waals surface area contributed by atoms with Gasteiger partial charge in [0.25, 0.3) is 0 Å². The summed E-state index contributed by atoms with van der Waals surface area (Å²) in [5.41, 5.74) is 0. The van der Waals surface area contributed by atoms with Crippen LogP contribution in [-0.4, -0.2) is 50.5 Å². The van der Waals surface area contributed by atoms with E-state index in [2.05, 4.69) is 49.9 Å². The maximum absolute atomic E-state index is 4.66. The highest BCUT2D eigenvalue weighted by Gasteiger charge is 2.02. The second-order valence-electron chi connectivity index (χ2n) is 6.15. The lowest BCUT2D eigenvalue weighted by Crippen LogP contribution is -2.35. The Hall–Kier alpha value is -0.730. The van der Waals surface area contributed by atoms with E-state index in [4.69, 9.17) is 0 Å². The van der Waals surface area contributed by atoms with Crippen molar-refractivity contribution in [3.05, 3.63) is 0 Å². The van der Waals surface area contributed by atoms with Crippen molar-refractivity contribution in [2.45, 2.75) is 71.1 Å². The second-order valence-corrected chi connectivity index (χ2v) is 6.15. The fourth-order valence-corrected chi connectivity index (χ4v) is 2.46. The number of aliphatic imine (C=N–C) groups is 1. The molecule has 0 spiro atoms. The summed E-state index contributed by atoms with van der Waals surface area (Å²) in [6.07, 6.45) is 13.8. The molecule has 0 atom stereocenters. The largest absolute Gasteiger partial charge is 0.349 e. The van der Waals surface area contributed by atoms with Crippen molar-refractivity contribution in [3.8, 4) is 0 Å². The highest BCUT2D eigenvalue weighted by molar-refractivity contribution is 5.79. The predicted octanol–water partition coefficient (Wildman–Crippen LogP) is 4.39. The van der Waals surface area contributed by atoms with Crippen molar-refractivity contribution in [3.63, 3.8) is 0 Å². The van der Waals surface area contributed by atoms with Gasteiger partial charge in [-0.1, -0.05) is 64.7 Å². The molecule has 0 amide bonds. The lowest BCUT2D eigenvalue weighted by atomic mass is 10.1. The summed E-state index contributed by atoms with van der Waals surface area (Å²) < 4.78 is 0. The lowest BCUT2D eigenvalue weighted by Gasteiger charge is -2.22. The molecule has 0 rings (SSSR count). The maximum Gasteiger partial charge on any atom is 0.195 e. The molecule has 0 heterocycles. The van der Waals surface area contributed by atoms with E-state index in [1.54, 1.807) is 0 Å². The zero-order valence-electron chi connectivity index (χ0n) is 14.6. The first-order chi connectivity index (χ1) is 9.59. The minimum Gasteiger partial charge on any atom is -0.349 e. The van der Waals surface area contributed by atoms with Gasteiger partial charge in [0.1, 0.15) is 0 Å². The van der Waals surface area contributed by atoms with E-state index in [1.165, 1.54) is 64.2 Å². The van der Waals surface area contributed by atoms with Gasteiger partial charge in [-0.2, -0.15) is 0 Å². The van der Waals surface area contributed by atoms with E-state index in [0.29, 0.717) is 0 Å². The summed E-state index contributed by atoms with van der Waals surface area (Å²) >= 11 is 0. The van der Waals surface area contributed by atoms with Crippen LogP contribution in [-0.2, 0) is 0 Å². The predicted molar refractivity (Wildman–Crippen MR) is 91.5 cm³/mol. The smallest absolute Gasteiger partial charge is 0.195 e. The van der Waals surface area contributed by atoms with Crippen LogP contribution in [0, 0.1) is 0 Å². The van der Waals surface area contributed by atoms with Crippen LogP contribution in [0.15, 0.2) is 4.99 Å². The molecule has 0 aromatic carbocycles. The Morgan fingerprint density at radius 3 is 1.45 bits per heavy atom. The van der Waals surface area contributed by atoms with Crippen molar-refractivity contribution in [1.82, 2.24) is 9.80 Å². The molecule has 0 saturated heterocycles. The third-order valence-corrected chi connectivity index (χ3v) is 3.56. The van der Waals surface area contributed by atoms with Crippen LogP contribution in [0.25, 0.3) is 0 Å². The molecule has 3 nitrogen and oxygen atoms in total. The SMILES string of the molecule is CCCCCCCCCCCCN=C(N(C)C)N(C)C. The summed E-state index contributed by atoms with van der Waals surface area (Å²) in [4.78, 5) is 8.82. The summed E-state index contributed by atoms with van der Waals surface area (Å²) in [5, 5.41) is 0. The summed E-state index contributed by atoms with van der Waals surface area (Å²) in [6, 6.07) is 0. The van der Waals surface area contributed by atoms with E-state index in [1.807, 2.05) is 0 Å². The molecule has 0 radical (unpaired) electrons. The van der Waals surface area contributed by atoms with Crippen molar-refractivity contribution in [2.75, 3.05) is 34.7 Å². The third kappa shape index (κ3) is 11.1. The van der Waals surface area contributed by atoms with Crippen LogP contribution in [0.1, 0.15) is 71.1 Å². The molecular weight excluding hydrogens is 246 g/mol. The van der Waals surface area contributed by atoms with Gasteiger partial charge in [0.15, 0.2) is 5.96 Å². The van der Waals surface area contributed by atoms with Gasteiger partial charge in [0, 0.05) is 34.7 Å². The van der Waals surface area contributed by atoms with Crippen molar-refractivity contribution >= 4 is 5.96 Å². The Morgan fingerprint density at radius 2 is 1.05 bits per heavy atom. The number of hydrogen-bond acceptors (Lipinski definition) is 1. The van der Waals surface area contributed by atoms with Crippen molar-refractivity contribution in [2.24, 2.45) is 4.99 Å². The van der Waals surface area contributed by atoms with Crippen LogP contribution >= 0.6 is 0 Å². The Labute approximate surface area is 127 Å². The Balaban J connectivity index is 3.41. The van der Waals surface area contributed by atoms with Gasteiger partial charge in [-0.25, -0.2) is 0 Å². The summed E-state index contributed by atoms with van der Waals surface area (Å²) in [5.74, 6) is 1.07. The highest BCUT2D eigenvalue weighted by atomic mass is 15.3. The topological polar surface area (TPSA) is 18.8 Å². The van der Waals surface area contributed by atoms with Gasteiger partial charge >= 0.3 is 0 Å². The number of guanidine groups is 1. The standard InChI is InChI=1S/C17H37N3/c1-6-7-8-9-10-11-12-13-14-15-16-18-17(19(2)3)20(4)5/h6-16H2,1-5H3. The molecule has 3 heteroatoms. The minimum absolute atomic E-state index is 0.961. The highest BCUT2D eigenvalue weighted by Crippen LogP contribution is 2.10. The zero-order valence-corrected chi connectivity index (χ0v) is 14.6. The summed E-state index contributed by atoms with van der Waals surface area (Å²) in [7, 11) is 8.21. The first-order valence-electron chi connectivity index (χ1n) is 8.48. The van der Waals surface area contributed by atoms with Gasteiger partial charge in [-0.15, -0.1) is 0 Å². The Morgan fingerprint density at radius 1 is 0.650 bits per heavy atom. The van der Waals surface area contributed by atoms with Gasteiger partial charge < -0.3 is 9.80 Å².